The van der Waals surface area contributed by atoms with Gasteiger partial charge in [0, 0.05) is 11.1 Å². The van der Waals surface area contributed by atoms with Crippen molar-refractivity contribution in [1.29, 1.82) is 10.5 Å². The van der Waals surface area contributed by atoms with E-state index in [0.29, 0.717) is 11.4 Å². The predicted molar refractivity (Wildman–Crippen MR) is 82.3 cm³/mol. The van der Waals surface area contributed by atoms with Gasteiger partial charge in [-0.25, -0.2) is 9.97 Å². The fourth-order valence-corrected chi connectivity index (χ4v) is 2.19. The summed E-state index contributed by atoms with van der Waals surface area (Å²) >= 11 is 0. The molecule has 1 aromatic heterocycles. The quantitative estimate of drug-likeness (QED) is 0.720. The van der Waals surface area contributed by atoms with Gasteiger partial charge in [-0.05, 0) is 0 Å². The van der Waals surface area contributed by atoms with Crippen LogP contribution in [0.25, 0.3) is 22.5 Å². The van der Waals surface area contributed by atoms with Crippen molar-refractivity contribution in [3.63, 3.8) is 0 Å². The minimum Gasteiger partial charge on any atom is -0.232 e. The number of hydrogen-bond acceptors (Lipinski definition) is 4. The molecule has 0 saturated carbocycles. The number of hydrogen-bond donors (Lipinski definition) is 0. The summed E-state index contributed by atoms with van der Waals surface area (Å²) in [6.45, 7) is 0. The van der Waals surface area contributed by atoms with Crippen LogP contribution in [0.1, 0.15) is 11.4 Å². The number of aromatic nitrogens is 2. The highest BCUT2D eigenvalue weighted by molar-refractivity contribution is 5.71. The molecule has 102 valence electrons. The lowest BCUT2D eigenvalue weighted by Gasteiger charge is -2.08. The van der Waals surface area contributed by atoms with Crippen molar-refractivity contribution in [1.82, 2.24) is 9.97 Å². The third-order valence-electron chi connectivity index (χ3n) is 3.20. The van der Waals surface area contributed by atoms with Crippen molar-refractivity contribution in [2.24, 2.45) is 0 Å². The monoisotopic (exact) mass is 282 g/mol. The summed E-state index contributed by atoms with van der Waals surface area (Å²) < 4.78 is 0. The van der Waals surface area contributed by atoms with Crippen molar-refractivity contribution in [3.05, 3.63) is 72.1 Å². The molecule has 1 heterocycles. The van der Waals surface area contributed by atoms with Crippen molar-refractivity contribution in [2.45, 2.75) is 0 Å². The topological polar surface area (TPSA) is 73.4 Å². The fourth-order valence-electron chi connectivity index (χ4n) is 2.19. The minimum atomic E-state index is 0.212. The van der Waals surface area contributed by atoms with E-state index in [0.717, 1.165) is 11.1 Å². The molecule has 3 rings (SSSR count). The molecule has 0 aliphatic carbocycles. The summed E-state index contributed by atoms with van der Waals surface area (Å²) in [6, 6.07) is 22.7. The Kier molecular flexibility index (Phi) is 3.59. The number of nitriles is 2. The summed E-state index contributed by atoms with van der Waals surface area (Å²) in [7, 11) is 0. The van der Waals surface area contributed by atoms with Crippen molar-refractivity contribution >= 4 is 0 Å². The number of nitrogens with zero attached hydrogens (tertiary/aromatic N) is 4. The van der Waals surface area contributed by atoms with Gasteiger partial charge in [0.1, 0.15) is 23.5 Å². The normalized spacial score (nSPS) is 9.73. The van der Waals surface area contributed by atoms with Crippen LogP contribution < -0.4 is 0 Å². The number of rotatable bonds is 2. The molecule has 0 radical (unpaired) electrons. The van der Waals surface area contributed by atoms with Gasteiger partial charge in [-0.15, -0.1) is 0 Å². The minimum absolute atomic E-state index is 0.212. The van der Waals surface area contributed by atoms with Crippen molar-refractivity contribution in [3.8, 4) is 34.7 Å². The van der Waals surface area contributed by atoms with Gasteiger partial charge in [0.05, 0.1) is 0 Å². The molecule has 0 unspecified atom stereocenters. The first-order valence-corrected chi connectivity index (χ1v) is 6.66. The van der Waals surface area contributed by atoms with Crippen molar-refractivity contribution < 1.29 is 0 Å². The summed E-state index contributed by atoms with van der Waals surface area (Å²) in [5, 5.41) is 18.8. The Labute approximate surface area is 127 Å². The Morgan fingerprint density at radius 3 is 1.27 bits per heavy atom. The first-order valence-electron chi connectivity index (χ1n) is 6.66. The van der Waals surface area contributed by atoms with E-state index in [4.69, 9.17) is 0 Å². The number of benzene rings is 2. The maximum Gasteiger partial charge on any atom is 0.167 e. The van der Waals surface area contributed by atoms with Crippen LogP contribution in [-0.2, 0) is 0 Å². The largest absolute Gasteiger partial charge is 0.232 e. The molecule has 4 nitrogen and oxygen atoms in total. The molecule has 2 aromatic carbocycles. The van der Waals surface area contributed by atoms with Crippen LogP contribution in [0, 0.1) is 22.7 Å². The summed E-state index contributed by atoms with van der Waals surface area (Å²) in [5.41, 5.74) is 2.82. The average molecular weight is 282 g/mol. The van der Waals surface area contributed by atoms with Crippen LogP contribution in [0.4, 0.5) is 0 Å². The van der Waals surface area contributed by atoms with Crippen LogP contribution in [-0.4, -0.2) is 9.97 Å². The molecular weight excluding hydrogens is 272 g/mol. The van der Waals surface area contributed by atoms with Gasteiger partial charge in [-0.3, -0.25) is 0 Å². The van der Waals surface area contributed by atoms with E-state index >= 15 is 0 Å². The molecule has 22 heavy (non-hydrogen) atoms. The van der Waals surface area contributed by atoms with Crippen LogP contribution in [0.3, 0.4) is 0 Å². The average Bonchev–Trinajstić information content (AvgIpc) is 2.62. The Morgan fingerprint density at radius 2 is 0.955 bits per heavy atom. The summed E-state index contributed by atoms with van der Waals surface area (Å²) in [5.74, 6) is 0. The maximum atomic E-state index is 9.38. The third-order valence-corrected chi connectivity index (χ3v) is 3.20. The SMILES string of the molecule is N#Cc1nc(-c2ccccc2)c(C#N)nc1-c1ccccc1. The van der Waals surface area contributed by atoms with E-state index in [1.807, 2.05) is 60.7 Å². The van der Waals surface area contributed by atoms with Crippen LogP contribution in [0.5, 0.6) is 0 Å². The Bertz CT molecular complexity index is 811. The highest BCUT2D eigenvalue weighted by Crippen LogP contribution is 2.26. The van der Waals surface area contributed by atoms with E-state index < -0.39 is 0 Å². The second-order valence-electron chi connectivity index (χ2n) is 4.57. The molecule has 0 atom stereocenters. The van der Waals surface area contributed by atoms with Gasteiger partial charge in [-0.1, -0.05) is 60.7 Å². The third kappa shape index (κ3) is 2.42. The lowest BCUT2D eigenvalue weighted by Crippen LogP contribution is -2.01. The first-order chi connectivity index (χ1) is 10.8. The second kappa shape index (κ2) is 5.87. The van der Waals surface area contributed by atoms with Gasteiger partial charge >= 0.3 is 0 Å². The van der Waals surface area contributed by atoms with E-state index in [9.17, 15) is 10.5 Å². The lowest BCUT2D eigenvalue weighted by atomic mass is 10.1. The Hall–Kier alpha value is -3.50. The smallest absolute Gasteiger partial charge is 0.167 e. The molecule has 0 spiro atoms. The molecule has 0 aliphatic heterocycles. The van der Waals surface area contributed by atoms with Gasteiger partial charge in [0.2, 0.25) is 0 Å². The van der Waals surface area contributed by atoms with E-state index in [-0.39, 0.29) is 11.4 Å². The van der Waals surface area contributed by atoms with Gasteiger partial charge in [0.15, 0.2) is 11.4 Å². The van der Waals surface area contributed by atoms with Crippen LogP contribution in [0.15, 0.2) is 60.7 Å². The molecule has 0 fully saturated rings. The summed E-state index contributed by atoms with van der Waals surface area (Å²) in [6.07, 6.45) is 0. The van der Waals surface area contributed by atoms with Crippen LogP contribution >= 0.6 is 0 Å². The lowest BCUT2D eigenvalue weighted by molar-refractivity contribution is 1.14. The maximum absolute atomic E-state index is 9.38. The summed E-state index contributed by atoms with van der Waals surface area (Å²) in [4.78, 5) is 8.72. The highest BCUT2D eigenvalue weighted by atomic mass is 14.9. The van der Waals surface area contributed by atoms with E-state index in [2.05, 4.69) is 22.1 Å². The van der Waals surface area contributed by atoms with E-state index in [1.165, 1.54) is 0 Å². The molecular formula is C18H10N4. The van der Waals surface area contributed by atoms with Crippen LogP contribution in [0.2, 0.25) is 0 Å². The highest BCUT2D eigenvalue weighted by Gasteiger charge is 2.15. The van der Waals surface area contributed by atoms with Gasteiger partial charge in [-0.2, -0.15) is 10.5 Å². The molecule has 0 aliphatic rings. The zero-order valence-corrected chi connectivity index (χ0v) is 11.6. The first kappa shape index (κ1) is 13.5. The van der Waals surface area contributed by atoms with Gasteiger partial charge in [0.25, 0.3) is 0 Å². The molecule has 4 heteroatoms. The molecule has 0 amide bonds. The zero-order chi connectivity index (χ0) is 15.4. The van der Waals surface area contributed by atoms with E-state index in [1.54, 1.807) is 0 Å². The standard InChI is InChI=1S/C18H10N4/c19-11-15-17(13-7-3-1-4-8-13)21-16(12-20)18(22-15)14-9-5-2-6-10-14/h1-10H. The molecule has 0 N–H and O–H groups in total. The fraction of sp³-hybridized carbons (Fsp3) is 0. The Balaban J connectivity index is 2.25. The van der Waals surface area contributed by atoms with Crippen molar-refractivity contribution in [2.75, 3.05) is 0 Å². The molecule has 0 bridgehead atoms. The Morgan fingerprint density at radius 1 is 0.591 bits per heavy atom. The predicted octanol–water partition coefficient (Wildman–Crippen LogP) is 3.55. The van der Waals surface area contributed by atoms with Gasteiger partial charge < -0.3 is 0 Å². The second-order valence-corrected chi connectivity index (χ2v) is 4.57. The molecule has 3 aromatic rings. The molecule has 0 saturated heterocycles. The zero-order valence-electron chi connectivity index (χ0n) is 11.6.